The molecule has 0 radical (unpaired) electrons. The maximum absolute atomic E-state index is 7.18. The van der Waals surface area contributed by atoms with E-state index in [4.69, 9.17) is 15.9 Å². The van der Waals surface area contributed by atoms with Gasteiger partial charge in [0.25, 0.3) is 0 Å². The number of ether oxygens (including phenoxy) is 1. The highest BCUT2D eigenvalue weighted by Crippen LogP contribution is 2.30. The Morgan fingerprint density at radius 2 is 2.33 bits per heavy atom. The summed E-state index contributed by atoms with van der Waals surface area (Å²) >= 11 is 1.59. The van der Waals surface area contributed by atoms with Crippen LogP contribution in [0.25, 0.3) is 0 Å². The fraction of sp³-hybridized carbons (Fsp3) is 0.800. The van der Waals surface area contributed by atoms with Crippen LogP contribution < -0.4 is 5.73 Å². The van der Waals surface area contributed by atoms with Crippen LogP contribution in [0.4, 0.5) is 0 Å². The van der Waals surface area contributed by atoms with Crippen LogP contribution in [-0.4, -0.2) is 30.1 Å². The van der Waals surface area contributed by atoms with Gasteiger partial charge in [0.2, 0.25) is 0 Å². The quantitative estimate of drug-likeness (QED) is 0.427. The first kappa shape index (κ1) is 6.89. The average molecular weight is 146 g/mol. The van der Waals surface area contributed by atoms with Crippen LogP contribution in [0.1, 0.15) is 0 Å². The Labute approximate surface area is 58.5 Å². The third kappa shape index (κ3) is 0.923. The summed E-state index contributed by atoms with van der Waals surface area (Å²) in [5, 5.41) is 7.18. The van der Waals surface area contributed by atoms with Crippen LogP contribution in [0.2, 0.25) is 0 Å². The number of nitrogens with two attached hydrogens (primary N) is 1. The number of hydrogen-bond donors (Lipinski definition) is 2. The monoisotopic (exact) mass is 146 g/mol. The lowest BCUT2D eigenvalue weighted by atomic mass is 10.1. The molecule has 3 nitrogen and oxygen atoms in total. The van der Waals surface area contributed by atoms with Gasteiger partial charge in [-0.3, -0.25) is 5.41 Å². The molecule has 3 N–H and O–H groups in total. The van der Waals surface area contributed by atoms with Gasteiger partial charge in [0.15, 0.2) is 0 Å². The highest BCUT2D eigenvalue weighted by Gasteiger charge is 2.41. The normalized spacial score (nSPS) is 22.8. The van der Waals surface area contributed by atoms with E-state index in [0.717, 1.165) is 0 Å². The van der Waals surface area contributed by atoms with E-state index in [2.05, 4.69) is 0 Å². The number of nitrogens with one attached hydrogen (secondary N) is 1. The molecule has 1 fully saturated rings. The molecule has 0 aromatic carbocycles. The Morgan fingerprint density at radius 1 is 1.78 bits per heavy atom. The minimum atomic E-state index is -0.181. The molecule has 0 bridgehead atoms. The van der Waals surface area contributed by atoms with E-state index in [-0.39, 0.29) is 10.6 Å². The number of thioether (sulfide) groups is 1. The number of amidine groups is 1. The molecular weight excluding hydrogens is 136 g/mol. The van der Waals surface area contributed by atoms with E-state index in [1.165, 1.54) is 0 Å². The van der Waals surface area contributed by atoms with Gasteiger partial charge in [-0.2, -0.15) is 0 Å². The minimum absolute atomic E-state index is 0.181. The Hall–Kier alpha value is -0.220. The largest absolute Gasteiger partial charge is 0.386 e. The van der Waals surface area contributed by atoms with Crippen LogP contribution >= 0.6 is 11.8 Å². The third-order valence-electron chi connectivity index (χ3n) is 1.55. The molecule has 1 saturated heterocycles. The van der Waals surface area contributed by atoms with Crippen molar-refractivity contribution < 1.29 is 4.74 Å². The molecule has 1 aliphatic heterocycles. The Bertz CT molecular complexity index is 127. The lowest BCUT2D eigenvalue weighted by molar-refractivity contribution is 0.0207. The summed E-state index contributed by atoms with van der Waals surface area (Å²) in [5.41, 5.74) is 5.33. The summed E-state index contributed by atoms with van der Waals surface area (Å²) in [6, 6.07) is 0. The van der Waals surface area contributed by atoms with Gasteiger partial charge in [-0.05, 0) is 6.26 Å². The highest BCUT2D eigenvalue weighted by molar-refractivity contribution is 8.00. The molecule has 0 aliphatic carbocycles. The molecule has 0 atom stereocenters. The Morgan fingerprint density at radius 3 is 2.33 bits per heavy atom. The maximum Gasteiger partial charge on any atom is 0.119 e. The van der Waals surface area contributed by atoms with Crippen molar-refractivity contribution in [3.63, 3.8) is 0 Å². The van der Waals surface area contributed by atoms with Crippen molar-refractivity contribution in [2.24, 2.45) is 5.73 Å². The van der Waals surface area contributed by atoms with Gasteiger partial charge < -0.3 is 10.5 Å². The van der Waals surface area contributed by atoms with Crippen LogP contribution in [0.3, 0.4) is 0 Å². The second kappa shape index (κ2) is 2.19. The molecule has 0 aromatic heterocycles. The second-order valence-corrected chi connectivity index (χ2v) is 3.29. The van der Waals surface area contributed by atoms with Gasteiger partial charge in [-0.1, -0.05) is 0 Å². The van der Waals surface area contributed by atoms with E-state index in [1.54, 1.807) is 11.8 Å². The van der Waals surface area contributed by atoms with Gasteiger partial charge in [0.1, 0.15) is 10.6 Å². The molecule has 1 aliphatic rings. The standard InChI is InChI=1S/C5H10N2OS/c1-9-5(4(6)7)2-8-3-5/h2-3H2,1H3,(H3,6,7). The SMILES string of the molecule is CSC1(C(=N)N)COC1. The van der Waals surface area contributed by atoms with Crippen LogP contribution in [-0.2, 0) is 4.74 Å². The fourth-order valence-corrected chi connectivity index (χ4v) is 1.29. The maximum atomic E-state index is 7.18. The van der Waals surface area contributed by atoms with Crippen LogP contribution in [0.5, 0.6) is 0 Å². The number of rotatable bonds is 2. The third-order valence-corrected chi connectivity index (χ3v) is 2.79. The fourth-order valence-electron chi connectivity index (χ4n) is 0.671. The number of hydrogen-bond acceptors (Lipinski definition) is 3. The summed E-state index contributed by atoms with van der Waals surface area (Å²) in [5.74, 6) is 0.237. The van der Waals surface area contributed by atoms with Crippen LogP contribution in [0.15, 0.2) is 0 Å². The Balaban J connectivity index is 2.57. The van der Waals surface area contributed by atoms with Crippen molar-refractivity contribution in [1.82, 2.24) is 0 Å². The second-order valence-electron chi connectivity index (χ2n) is 2.10. The first-order valence-electron chi connectivity index (χ1n) is 2.69. The lowest BCUT2D eigenvalue weighted by Gasteiger charge is -2.38. The summed E-state index contributed by atoms with van der Waals surface area (Å²) in [4.78, 5) is 0. The van der Waals surface area contributed by atoms with E-state index < -0.39 is 0 Å². The zero-order valence-electron chi connectivity index (χ0n) is 5.31. The predicted octanol–water partition coefficient (Wildman–Crippen LogP) is 0.0544. The summed E-state index contributed by atoms with van der Waals surface area (Å²) in [6.45, 7) is 1.20. The lowest BCUT2D eigenvalue weighted by Crippen LogP contribution is -2.55. The molecule has 0 saturated carbocycles. The molecule has 0 amide bonds. The predicted molar refractivity (Wildman–Crippen MR) is 39.0 cm³/mol. The molecular formula is C5H10N2OS. The zero-order chi connectivity index (χ0) is 6.91. The topological polar surface area (TPSA) is 59.1 Å². The zero-order valence-corrected chi connectivity index (χ0v) is 6.12. The van der Waals surface area contributed by atoms with Crippen molar-refractivity contribution in [3.05, 3.63) is 0 Å². The van der Waals surface area contributed by atoms with E-state index >= 15 is 0 Å². The molecule has 9 heavy (non-hydrogen) atoms. The molecule has 1 rings (SSSR count). The van der Waals surface area contributed by atoms with Gasteiger partial charge in [-0.15, -0.1) is 11.8 Å². The van der Waals surface area contributed by atoms with Gasteiger partial charge in [0.05, 0.1) is 13.2 Å². The molecule has 4 heteroatoms. The van der Waals surface area contributed by atoms with Crippen molar-refractivity contribution in [3.8, 4) is 0 Å². The first-order valence-corrected chi connectivity index (χ1v) is 3.91. The Kier molecular flexibility index (Phi) is 1.68. The van der Waals surface area contributed by atoms with Gasteiger partial charge in [0, 0.05) is 0 Å². The minimum Gasteiger partial charge on any atom is -0.386 e. The smallest absolute Gasteiger partial charge is 0.119 e. The first-order chi connectivity index (χ1) is 4.21. The summed E-state index contributed by atoms with van der Waals surface area (Å²) in [6.07, 6.45) is 1.95. The van der Waals surface area contributed by atoms with E-state index in [1.807, 2.05) is 6.26 Å². The highest BCUT2D eigenvalue weighted by atomic mass is 32.2. The molecule has 52 valence electrons. The average Bonchev–Trinajstić information content (AvgIpc) is 1.62. The van der Waals surface area contributed by atoms with Crippen molar-refractivity contribution in [1.29, 1.82) is 5.41 Å². The molecule has 0 spiro atoms. The molecule has 0 aromatic rings. The van der Waals surface area contributed by atoms with E-state index in [0.29, 0.717) is 13.2 Å². The molecule has 1 heterocycles. The van der Waals surface area contributed by atoms with Crippen molar-refractivity contribution in [2.45, 2.75) is 4.75 Å². The summed E-state index contributed by atoms with van der Waals surface area (Å²) < 4.78 is 4.77. The van der Waals surface area contributed by atoms with Gasteiger partial charge >= 0.3 is 0 Å². The van der Waals surface area contributed by atoms with Crippen molar-refractivity contribution in [2.75, 3.05) is 19.5 Å². The van der Waals surface area contributed by atoms with Gasteiger partial charge in [-0.25, -0.2) is 0 Å². The molecule has 0 unspecified atom stereocenters. The summed E-state index contributed by atoms with van der Waals surface area (Å²) in [7, 11) is 0. The van der Waals surface area contributed by atoms with Crippen molar-refractivity contribution >= 4 is 17.6 Å². The van der Waals surface area contributed by atoms with Crippen LogP contribution in [0, 0.1) is 5.41 Å². The van der Waals surface area contributed by atoms with E-state index in [9.17, 15) is 0 Å².